The third kappa shape index (κ3) is 1.72. The van der Waals surface area contributed by atoms with Gasteiger partial charge in [0.25, 0.3) is 0 Å². The van der Waals surface area contributed by atoms with E-state index in [0.29, 0.717) is 11.8 Å². The Morgan fingerprint density at radius 3 is 2.19 bits per heavy atom. The normalized spacial score (nSPS) is 10.1. The highest BCUT2D eigenvalue weighted by atomic mass is 19.2. The largest absolute Gasteiger partial charge is 0.298 e. The van der Waals surface area contributed by atoms with Gasteiger partial charge in [0, 0.05) is 5.56 Å². The molecule has 16 heavy (non-hydrogen) atoms. The van der Waals surface area contributed by atoms with Crippen molar-refractivity contribution in [1.82, 2.24) is 0 Å². The van der Waals surface area contributed by atoms with Crippen LogP contribution in [0.15, 0.2) is 42.5 Å². The Morgan fingerprint density at radius 2 is 1.56 bits per heavy atom. The highest BCUT2D eigenvalue weighted by Gasteiger charge is 2.13. The predicted molar refractivity (Wildman–Crippen MR) is 57.2 cm³/mol. The lowest BCUT2D eigenvalue weighted by atomic mass is 10.0. The Morgan fingerprint density at radius 1 is 0.875 bits per heavy atom. The van der Waals surface area contributed by atoms with Crippen LogP contribution in [0, 0.1) is 11.6 Å². The fourth-order valence-corrected chi connectivity index (χ4v) is 1.50. The minimum atomic E-state index is -1.10. The van der Waals surface area contributed by atoms with Gasteiger partial charge in [0.1, 0.15) is 0 Å². The number of halogens is 2. The molecule has 0 saturated heterocycles. The van der Waals surface area contributed by atoms with Crippen LogP contribution in [0.4, 0.5) is 8.78 Å². The first-order chi connectivity index (χ1) is 7.74. The van der Waals surface area contributed by atoms with Crippen molar-refractivity contribution in [3.05, 3.63) is 59.7 Å². The van der Waals surface area contributed by atoms with Gasteiger partial charge in [-0.3, -0.25) is 4.79 Å². The lowest BCUT2D eigenvalue weighted by Gasteiger charge is -2.05. The van der Waals surface area contributed by atoms with Crippen molar-refractivity contribution in [2.45, 2.75) is 0 Å². The Bertz CT molecular complexity index is 521. The lowest BCUT2D eigenvalue weighted by molar-refractivity contribution is 0.111. The van der Waals surface area contributed by atoms with Crippen molar-refractivity contribution < 1.29 is 13.6 Å². The fraction of sp³-hybridized carbons (Fsp3) is 0. The lowest BCUT2D eigenvalue weighted by Crippen LogP contribution is -1.95. The van der Waals surface area contributed by atoms with Crippen LogP contribution in [0.5, 0.6) is 0 Å². The van der Waals surface area contributed by atoms with E-state index in [-0.39, 0.29) is 11.1 Å². The molecule has 0 heterocycles. The Labute approximate surface area is 91.3 Å². The van der Waals surface area contributed by atoms with Crippen LogP contribution in [0.25, 0.3) is 11.1 Å². The van der Waals surface area contributed by atoms with Crippen molar-refractivity contribution >= 4 is 6.29 Å². The number of hydrogen-bond acceptors (Lipinski definition) is 1. The number of aldehydes is 1. The molecule has 0 saturated carbocycles. The number of hydrogen-bond donors (Lipinski definition) is 0. The van der Waals surface area contributed by atoms with E-state index in [9.17, 15) is 13.6 Å². The quantitative estimate of drug-likeness (QED) is 0.705. The van der Waals surface area contributed by atoms with Gasteiger partial charge in [-0.2, -0.15) is 0 Å². The summed E-state index contributed by atoms with van der Waals surface area (Å²) >= 11 is 0. The van der Waals surface area contributed by atoms with Gasteiger partial charge >= 0.3 is 0 Å². The second kappa shape index (κ2) is 4.23. The topological polar surface area (TPSA) is 17.1 Å². The van der Waals surface area contributed by atoms with Gasteiger partial charge in [0.2, 0.25) is 0 Å². The van der Waals surface area contributed by atoms with Crippen molar-refractivity contribution in [1.29, 1.82) is 0 Å². The van der Waals surface area contributed by atoms with E-state index >= 15 is 0 Å². The van der Waals surface area contributed by atoms with Gasteiger partial charge in [0.15, 0.2) is 17.9 Å². The zero-order valence-corrected chi connectivity index (χ0v) is 8.28. The summed E-state index contributed by atoms with van der Waals surface area (Å²) in [6.45, 7) is 0. The van der Waals surface area contributed by atoms with Crippen LogP contribution < -0.4 is 0 Å². The summed E-state index contributed by atoms with van der Waals surface area (Å²) in [4.78, 5) is 10.4. The Hall–Kier alpha value is -2.03. The van der Waals surface area contributed by atoms with E-state index in [4.69, 9.17) is 0 Å². The molecule has 0 aromatic heterocycles. The molecule has 0 aliphatic heterocycles. The third-order valence-electron chi connectivity index (χ3n) is 2.32. The highest BCUT2D eigenvalue weighted by Crippen LogP contribution is 2.25. The summed E-state index contributed by atoms with van der Waals surface area (Å²) in [5.41, 5.74) is 0.470. The first kappa shape index (κ1) is 10.5. The van der Waals surface area contributed by atoms with E-state index < -0.39 is 11.6 Å². The van der Waals surface area contributed by atoms with Gasteiger partial charge in [-0.15, -0.1) is 0 Å². The van der Waals surface area contributed by atoms with Crippen LogP contribution in [-0.4, -0.2) is 6.29 Å². The molecule has 3 heteroatoms. The van der Waals surface area contributed by atoms with E-state index in [1.54, 1.807) is 30.3 Å². The van der Waals surface area contributed by atoms with Gasteiger partial charge < -0.3 is 0 Å². The molecule has 0 aliphatic carbocycles. The third-order valence-corrected chi connectivity index (χ3v) is 2.32. The Kier molecular flexibility index (Phi) is 2.77. The van der Waals surface area contributed by atoms with E-state index in [2.05, 4.69) is 0 Å². The van der Waals surface area contributed by atoms with E-state index in [1.165, 1.54) is 12.1 Å². The Balaban J connectivity index is 2.60. The minimum Gasteiger partial charge on any atom is -0.298 e. The molecule has 2 aromatic rings. The van der Waals surface area contributed by atoms with Crippen molar-refractivity contribution in [3.63, 3.8) is 0 Å². The molecule has 2 aromatic carbocycles. The molecule has 0 N–H and O–H groups in total. The van der Waals surface area contributed by atoms with Crippen LogP contribution in [0.3, 0.4) is 0 Å². The maximum Gasteiger partial charge on any atom is 0.169 e. The highest BCUT2D eigenvalue weighted by molar-refractivity contribution is 5.77. The molecule has 0 bridgehead atoms. The molecule has 0 fully saturated rings. The zero-order valence-electron chi connectivity index (χ0n) is 8.28. The van der Waals surface area contributed by atoms with Gasteiger partial charge in [0.05, 0.1) is 5.56 Å². The summed E-state index contributed by atoms with van der Waals surface area (Å²) in [5, 5.41) is 0. The molecular formula is C13H8F2O. The van der Waals surface area contributed by atoms with E-state index in [1.807, 2.05) is 0 Å². The van der Waals surface area contributed by atoms with Crippen molar-refractivity contribution in [3.8, 4) is 11.1 Å². The first-order valence-corrected chi connectivity index (χ1v) is 4.72. The summed E-state index contributed by atoms with van der Waals surface area (Å²) < 4.78 is 26.9. The SMILES string of the molecule is O=Cc1ccc(-c2ccccc2)c(F)c1F. The number of benzene rings is 2. The average molecular weight is 218 g/mol. The van der Waals surface area contributed by atoms with Crippen molar-refractivity contribution in [2.24, 2.45) is 0 Å². The standard InChI is InChI=1S/C13H8F2O/c14-12-10(8-16)6-7-11(13(12)15)9-4-2-1-3-5-9/h1-8H. The van der Waals surface area contributed by atoms with Crippen LogP contribution in [0.1, 0.15) is 10.4 Å². The maximum atomic E-state index is 13.6. The molecule has 0 atom stereocenters. The van der Waals surface area contributed by atoms with Gasteiger partial charge in [-0.05, 0) is 11.6 Å². The number of carbonyl (C=O) groups is 1. The van der Waals surface area contributed by atoms with Gasteiger partial charge in [-0.1, -0.05) is 36.4 Å². The summed E-state index contributed by atoms with van der Waals surface area (Å²) in [6.07, 6.45) is 0.299. The van der Waals surface area contributed by atoms with E-state index in [0.717, 1.165) is 0 Å². The summed E-state index contributed by atoms with van der Waals surface area (Å²) in [5.74, 6) is -2.09. The maximum absolute atomic E-state index is 13.6. The predicted octanol–water partition coefficient (Wildman–Crippen LogP) is 3.44. The summed E-state index contributed by atoms with van der Waals surface area (Å²) in [6, 6.07) is 11.3. The monoisotopic (exact) mass is 218 g/mol. The molecule has 2 rings (SSSR count). The van der Waals surface area contributed by atoms with Crippen LogP contribution in [-0.2, 0) is 0 Å². The molecule has 0 unspecified atom stereocenters. The molecule has 0 amide bonds. The molecule has 1 nitrogen and oxygen atoms in total. The molecule has 0 aliphatic rings. The number of carbonyl (C=O) groups excluding carboxylic acids is 1. The smallest absolute Gasteiger partial charge is 0.169 e. The van der Waals surface area contributed by atoms with Crippen molar-refractivity contribution in [2.75, 3.05) is 0 Å². The number of rotatable bonds is 2. The molecular weight excluding hydrogens is 210 g/mol. The van der Waals surface area contributed by atoms with Crippen LogP contribution in [0.2, 0.25) is 0 Å². The molecule has 0 radical (unpaired) electrons. The fourth-order valence-electron chi connectivity index (χ4n) is 1.50. The average Bonchev–Trinajstić information content (AvgIpc) is 2.34. The minimum absolute atomic E-state index is 0.156. The molecule has 80 valence electrons. The second-order valence-corrected chi connectivity index (χ2v) is 3.31. The van der Waals surface area contributed by atoms with Crippen LogP contribution >= 0.6 is 0 Å². The zero-order chi connectivity index (χ0) is 11.5. The second-order valence-electron chi connectivity index (χ2n) is 3.31. The summed E-state index contributed by atoms with van der Waals surface area (Å²) in [7, 11) is 0. The van der Waals surface area contributed by atoms with Gasteiger partial charge in [-0.25, -0.2) is 8.78 Å². The molecule has 0 spiro atoms. The first-order valence-electron chi connectivity index (χ1n) is 4.72.